The molecular weight excluding hydrogens is 322 g/mol. The maximum absolute atomic E-state index is 11.4. The minimum atomic E-state index is -3.26. The van der Waals surface area contributed by atoms with Crippen LogP contribution in [-0.2, 0) is 10.0 Å². The van der Waals surface area contributed by atoms with Crippen LogP contribution in [0.25, 0.3) is 16.5 Å². The average Bonchev–Trinajstić information content (AvgIpc) is 2.95. The second kappa shape index (κ2) is 6.99. The molecule has 0 saturated heterocycles. The van der Waals surface area contributed by atoms with E-state index in [2.05, 4.69) is 27.6 Å². The van der Waals surface area contributed by atoms with Crippen molar-refractivity contribution in [2.45, 2.75) is 26.2 Å². The Morgan fingerprint density at radius 3 is 2.83 bits per heavy atom. The summed E-state index contributed by atoms with van der Waals surface area (Å²) in [6.07, 6.45) is 9.01. The Morgan fingerprint density at radius 2 is 2.17 bits per heavy atom. The zero-order valence-electron chi connectivity index (χ0n) is 14.3. The fourth-order valence-electron chi connectivity index (χ4n) is 3.20. The first-order valence-corrected chi connectivity index (χ1v) is 10.4. The molecule has 3 rings (SSSR count). The number of nitrogens with zero attached hydrogens (tertiary/aromatic N) is 1. The molecule has 2 N–H and O–H groups in total. The van der Waals surface area contributed by atoms with Gasteiger partial charge in [-0.2, -0.15) is 0 Å². The quantitative estimate of drug-likeness (QED) is 0.841. The summed E-state index contributed by atoms with van der Waals surface area (Å²) in [5.74, 6) is 0. The fraction of sp³-hybridized carbons (Fsp3) is 0.444. The Labute approximate surface area is 143 Å². The van der Waals surface area contributed by atoms with E-state index in [1.807, 2.05) is 18.3 Å². The number of aromatic amines is 1. The molecule has 5 nitrogen and oxygen atoms in total. The first-order valence-electron chi connectivity index (χ1n) is 8.47. The summed E-state index contributed by atoms with van der Waals surface area (Å²) in [5.41, 5.74) is 4.15. The standard InChI is InChI=1S/C18H25N3O2S/c1-3-4-9-21-10-7-14(8-11-21)17-13-19-18-6-5-15(12-16(17)18)20-24(2,22)23/h5-7,12-13,19-20H,3-4,8-11H2,1-2H3. The molecular formula is C18H25N3O2S. The molecule has 1 aromatic heterocycles. The molecule has 6 heteroatoms. The largest absolute Gasteiger partial charge is 0.361 e. The highest BCUT2D eigenvalue weighted by atomic mass is 32.2. The van der Waals surface area contributed by atoms with E-state index in [1.54, 1.807) is 6.07 Å². The number of anilines is 1. The number of unbranched alkanes of at least 4 members (excludes halogenated alkanes) is 1. The zero-order valence-corrected chi connectivity index (χ0v) is 15.1. The molecule has 130 valence electrons. The van der Waals surface area contributed by atoms with Crippen molar-refractivity contribution in [1.82, 2.24) is 9.88 Å². The maximum Gasteiger partial charge on any atom is 0.229 e. The fourth-order valence-corrected chi connectivity index (χ4v) is 3.76. The Morgan fingerprint density at radius 1 is 1.33 bits per heavy atom. The number of fused-ring (bicyclic) bond motifs is 1. The van der Waals surface area contributed by atoms with Gasteiger partial charge in [0, 0.05) is 41.4 Å². The Hall–Kier alpha value is -1.79. The van der Waals surface area contributed by atoms with Gasteiger partial charge in [-0.25, -0.2) is 8.42 Å². The molecule has 2 heterocycles. The summed E-state index contributed by atoms with van der Waals surface area (Å²) in [6, 6.07) is 5.61. The molecule has 1 aliphatic heterocycles. The van der Waals surface area contributed by atoms with Crippen molar-refractivity contribution in [3.8, 4) is 0 Å². The number of rotatable bonds is 6. The van der Waals surface area contributed by atoms with Gasteiger partial charge in [0.05, 0.1) is 6.26 Å². The van der Waals surface area contributed by atoms with Crippen LogP contribution in [0.2, 0.25) is 0 Å². The topological polar surface area (TPSA) is 65.2 Å². The van der Waals surface area contributed by atoms with Crippen LogP contribution >= 0.6 is 0 Å². The summed E-state index contributed by atoms with van der Waals surface area (Å²) < 4.78 is 25.5. The van der Waals surface area contributed by atoms with Gasteiger partial charge in [0.1, 0.15) is 0 Å². The number of sulfonamides is 1. The second-order valence-electron chi connectivity index (χ2n) is 6.47. The van der Waals surface area contributed by atoms with E-state index >= 15 is 0 Å². The highest BCUT2D eigenvalue weighted by molar-refractivity contribution is 7.92. The third-order valence-corrected chi connectivity index (χ3v) is 5.06. The number of hydrogen-bond acceptors (Lipinski definition) is 3. The molecule has 2 aromatic rings. The van der Waals surface area contributed by atoms with Crippen LogP contribution in [0.15, 0.2) is 30.5 Å². The number of H-pyrrole nitrogens is 1. The van der Waals surface area contributed by atoms with Crippen molar-refractivity contribution >= 4 is 32.2 Å². The summed E-state index contributed by atoms with van der Waals surface area (Å²) >= 11 is 0. The van der Waals surface area contributed by atoms with E-state index in [0.717, 1.165) is 37.0 Å². The van der Waals surface area contributed by atoms with Gasteiger partial charge in [-0.1, -0.05) is 19.4 Å². The monoisotopic (exact) mass is 347 g/mol. The SMILES string of the molecule is CCCCN1CC=C(c2c[nH]c3ccc(NS(C)(=O)=O)cc23)CC1. The van der Waals surface area contributed by atoms with Crippen molar-refractivity contribution < 1.29 is 8.42 Å². The van der Waals surface area contributed by atoms with Crippen LogP contribution in [0.5, 0.6) is 0 Å². The number of benzene rings is 1. The van der Waals surface area contributed by atoms with Gasteiger partial charge < -0.3 is 4.98 Å². The third-order valence-electron chi connectivity index (χ3n) is 4.45. The molecule has 1 aliphatic rings. The molecule has 0 amide bonds. The van der Waals surface area contributed by atoms with E-state index < -0.39 is 10.0 Å². The van der Waals surface area contributed by atoms with Crippen LogP contribution in [0.4, 0.5) is 5.69 Å². The van der Waals surface area contributed by atoms with Gasteiger partial charge in [-0.3, -0.25) is 9.62 Å². The lowest BCUT2D eigenvalue weighted by atomic mass is 9.98. The zero-order chi connectivity index (χ0) is 17.2. The summed E-state index contributed by atoms with van der Waals surface area (Å²) in [4.78, 5) is 5.77. The Balaban J connectivity index is 1.85. The lowest BCUT2D eigenvalue weighted by Gasteiger charge is -2.26. The highest BCUT2D eigenvalue weighted by Gasteiger charge is 2.15. The summed E-state index contributed by atoms with van der Waals surface area (Å²) in [6.45, 7) is 5.46. The molecule has 0 spiro atoms. The molecule has 0 bridgehead atoms. The van der Waals surface area contributed by atoms with Gasteiger partial charge in [0.2, 0.25) is 10.0 Å². The Kier molecular flexibility index (Phi) is 4.96. The van der Waals surface area contributed by atoms with E-state index in [1.165, 1.54) is 30.2 Å². The van der Waals surface area contributed by atoms with Crippen LogP contribution in [-0.4, -0.2) is 44.2 Å². The highest BCUT2D eigenvalue weighted by Crippen LogP contribution is 2.31. The second-order valence-corrected chi connectivity index (χ2v) is 8.22. The van der Waals surface area contributed by atoms with Gasteiger partial charge in [-0.15, -0.1) is 0 Å². The van der Waals surface area contributed by atoms with E-state index in [-0.39, 0.29) is 0 Å². The lowest BCUT2D eigenvalue weighted by Crippen LogP contribution is -2.29. The first kappa shape index (κ1) is 17.0. The van der Waals surface area contributed by atoms with Crippen molar-refractivity contribution in [3.63, 3.8) is 0 Å². The molecule has 1 aromatic carbocycles. The van der Waals surface area contributed by atoms with E-state index in [0.29, 0.717) is 5.69 Å². The predicted octanol–water partition coefficient (Wildman–Crippen LogP) is 3.43. The van der Waals surface area contributed by atoms with Crippen LogP contribution in [0, 0.1) is 0 Å². The van der Waals surface area contributed by atoms with Crippen LogP contribution in [0.1, 0.15) is 31.7 Å². The van der Waals surface area contributed by atoms with Gasteiger partial charge >= 0.3 is 0 Å². The number of hydrogen-bond donors (Lipinski definition) is 2. The van der Waals surface area contributed by atoms with Gasteiger partial charge in [-0.05, 0) is 43.2 Å². The molecule has 0 aliphatic carbocycles. The molecule has 0 saturated carbocycles. The smallest absolute Gasteiger partial charge is 0.229 e. The first-order chi connectivity index (χ1) is 11.5. The van der Waals surface area contributed by atoms with Gasteiger partial charge in [0.15, 0.2) is 0 Å². The molecule has 24 heavy (non-hydrogen) atoms. The number of nitrogens with one attached hydrogen (secondary N) is 2. The molecule has 0 unspecified atom stereocenters. The predicted molar refractivity (Wildman–Crippen MR) is 101 cm³/mol. The summed E-state index contributed by atoms with van der Waals surface area (Å²) in [5, 5.41) is 1.07. The van der Waals surface area contributed by atoms with Crippen molar-refractivity contribution in [3.05, 3.63) is 36.0 Å². The van der Waals surface area contributed by atoms with E-state index in [9.17, 15) is 8.42 Å². The molecule has 0 radical (unpaired) electrons. The normalized spacial score (nSPS) is 16.3. The van der Waals surface area contributed by atoms with Crippen molar-refractivity contribution in [2.75, 3.05) is 30.6 Å². The third kappa shape index (κ3) is 3.99. The number of aromatic nitrogens is 1. The average molecular weight is 347 g/mol. The van der Waals surface area contributed by atoms with Crippen molar-refractivity contribution in [1.29, 1.82) is 0 Å². The Bertz CT molecular complexity index is 852. The minimum Gasteiger partial charge on any atom is -0.361 e. The van der Waals surface area contributed by atoms with E-state index in [4.69, 9.17) is 0 Å². The lowest BCUT2D eigenvalue weighted by molar-refractivity contribution is 0.297. The molecule has 0 atom stereocenters. The van der Waals surface area contributed by atoms with Crippen LogP contribution in [0.3, 0.4) is 0 Å². The van der Waals surface area contributed by atoms with Crippen molar-refractivity contribution in [2.24, 2.45) is 0 Å². The maximum atomic E-state index is 11.4. The summed E-state index contributed by atoms with van der Waals surface area (Å²) in [7, 11) is -3.26. The van der Waals surface area contributed by atoms with Crippen LogP contribution < -0.4 is 4.72 Å². The molecule has 0 fully saturated rings. The minimum absolute atomic E-state index is 0.604. The van der Waals surface area contributed by atoms with Gasteiger partial charge in [0.25, 0.3) is 0 Å².